The van der Waals surface area contributed by atoms with E-state index in [-0.39, 0.29) is 26.9 Å². The van der Waals surface area contributed by atoms with E-state index in [1.165, 1.54) is 30.3 Å². The number of amides is 2. The van der Waals surface area contributed by atoms with Crippen LogP contribution >= 0.6 is 69.6 Å². The number of hydrogen-bond acceptors (Lipinski definition) is 3. The van der Waals surface area contributed by atoms with Crippen LogP contribution in [0.3, 0.4) is 0 Å². The molecule has 2 amide bonds. The number of carbonyl (C=O) groups excluding carboxylic acids is 2. The van der Waals surface area contributed by atoms with Crippen LogP contribution in [0.2, 0.25) is 20.1 Å². The molecule has 0 radical (unpaired) electrons. The van der Waals surface area contributed by atoms with Crippen molar-refractivity contribution in [2.24, 2.45) is 5.92 Å². The number of benzene rings is 3. The lowest BCUT2D eigenvalue weighted by Gasteiger charge is -2.11. The molecule has 4 rings (SSSR count). The maximum atomic E-state index is 13.0. The second kappa shape index (κ2) is 10.1. The van der Waals surface area contributed by atoms with Crippen molar-refractivity contribution in [1.29, 1.82) is 5.26 Å². The molecule has 0 heterocycles. The molecule has 11 heteroatoms. The monoisotopic (exact) mass is 585 g/mol. The number of hydrogen-bond donors (Lipinski definition) is 2. The fourth-order valence-corrected chi connectivity index (χ4v) is 5.54. The van der Waals surface area contributed by atoms with Crippen molar-refractivity contribution in [3.05, 3.63) is 91.4 Å². The Morgan fingerprint density at radius 2 is 1.57 bits per heavy atom. The minimum atomic E-state index is -1.36. The van der Waals surface area contributed by atoms with Gasteiger partial charge < -0.3 is 10.6 Å². The molecule has 178 valence electrons. The molecule has 0 aromatic heterocycles. The van der Waals surface area contributed by atoms with Crippen molar-refractivity contribution in [1.82, 2.24) is 0 Å². The summed E-state index contributed by atoms with van der Waals surface area (Å²) in [5.74, 6) is -2.35. The summed E-state index contributed by atoms with van der Waals surface area (Å²) in [6, 6.07) is 15.9. The lowest BCUT2D eigenvalue weighted by Crippen LogP contribution is -2.18. The van der Waals surface area contributed by atoms with Crippen LogP contribution in [0.5, 0.6) is 0 Å². The highest BCUT2D eigenvalue weighted by Crippen LogP contribution is 2.65. The zero-order chi connectivity index (χ0) is 25.5. The SMILES string of the molecule is N#Cc1c(Cl)cccc1NC(=O)c1cc(NC(=O)[C@@H]2[C@@H](c3cc(Cl)cc(Cl)c3)C2(Cl)Cl)ccc1Cl. The number of nitriles is 1. The van der Waals surface area contributed by atoms with Crippen LogP contribution in [0.15, 0.2) is 54.6 Å². The highest BCUT2D eigenvalue weighted by atomic mass is 35.5. The van der Waals surface area contributed by atoms with Gasteiger partial charge >= 0.3 is 0 Å². The van der Waals surface area contributed by atoms with E-state index in [1.54, 1.807) is 24.3 Å². The van der Waals surface area contributed by atoms with Gasteiger partial charge in [-0.3, -0.25) is 9.59 Å². The zero-order valence-corrected chi connectivity index (χ0v) is 21.9. The van der Waals surface area contributed by atoms with Gasteiger partial charge in [0.1, 0.15) is 10.4 Å². The second-order valence-electron chi connectivity index (χ2n) is 7.74. The van der Waals surface area contributed by atoms with Crippen LogP contribution in [0, 0.1) is 17.2 Å². The number of anilines is 2. The summed E-state index contributed by atoms with van der Waals surface area (Å²) in [6.45, 7) is 0. The predicted molar refractivity (Wildman–Crippen MR) is 141 cm³/mol. The molecular weight excluding hydrogens is 575 g/mol. The first-order valence-corrected chi connectivity index (χ1v) is 12.2. The minimum absolute atomic E-state index is 0.0744. The Labute approximate surface area is 230 Å². The first-order chi connectivity index (χ1) is 16.5. The van der Waals surface area contributed by atoms with Gasteiger partial charge in [-0.1, -0.05) is 52.5 Å². The largest absolute Gasteiger partial charge is 0.326 e. The Kier molecular flexibility index (Phi) is 7.45. The normalized spacial score (nSPS) is 17.9. The van der Waals surface area contributed by atoms with Gasteiger partial charge in [-0.25, -0.2) is 0 Å². The number of halogens is 6. The molecule has 1 aliphatic rings. The van der Waals surface area contributed by atoms with E-state index in [9.17, 15) is 14.9 Å². The molecule has 0 spiro atoms. The van der Waals surface area contributed by atoms with Gasteiger partial charge in [0.25, 0.3) is 5.91 Å². The van der Waals surface area contributed by atoms with Crippen LogP contribution in [-0.4, -0.2) is 16.1 Å². The quantitative estimate of drug-likeness (QED) is 0.297. The lowest BCUT2D eigenvalue weighted by atomic mass is 10.1. The standard InChI is InChI=1S/C24H13Cl6N3O2/c25-12-6-11(7-13(26)8-12)20-21(24(20,29)30)23(35)32-14-4-5-18(28)15(9-14)22(34)33-19-3-1-2-17(27)16(19)10-31/h1-9,20-21H,(H,32,35)(H,33,34)/t20-,21+/m1/s1. The third kappa shape index (κ3) is 5.34. The Bertz CT molecular complexity index is 1380. The number of rotatable bonds is 5. The molecule has 2 atom stereocenters. The van der Waals surface area contributed by atoms with Crippen molar-refractivity contribution in [3.63, 3.8) is 0 Å². The van der Waals surface area contributed by atoms with Gasteiger partial charge in [-0.05, 0) is 54.1 Å². The zero-order valence-electron chi connectivity index (χ0n) is 17.4. The molecule has 0 unspecified atom stereocenters. The lowest BCUT2D eigenvalue weighted by molar-refractivity contribution is -0.117. The average Bonchev–Trinajstić information content (AvgIpc) is 3.36. The van der Waals surface area contributed by atoms with Crippen molar-refractivity contribution in [2.45, 2.75) is 10.3 Å². The molecule has 1 aliphatic carbocycles. The van der Waals surface area contributed by atoms with Gasteiger partial charge in [0.05, 0.1) is 32.8 Å². The van der Waals surface area contributed by atoms with E-state index in [0.717, 1.165) is 0 Å². The Hall–Kier alpha value is -2.17. The van der Waals surface area contributed by atoms with E-state index in [0.29, 0.717) is 21.3 Å². The molecule has 3 aromatic rings. The first kappa shape index (κ1) is 25.9. The third-order valence-electron chi connectivity index (χ3n) is 5.43. The maximum Gasteiger partial charge on any atom is 0.257 e. The summed E-state index contributed by atoms with van der Waals surface area (Å²) in [6.07, 6.45) is 0. The Morgan fingerprint density at radius 1 is 0.886 bits per heavy atom. The van der Waals surface area contributed by atoms with Crippen molar-refractivity contribution in [2.75, 3.05) is 10.6 Å². The number of nitrogens with one attached hydrogen (secondary N) is 2. The third-order valence-corrected chi connectivity index (χ3v) is 7.45. The van der Waals surface area contributed by atoms with Crippen LogP contribution < -0.4 is 10.6 Å². The summed E-state index contributed by atoms with van der Waals surface area (Å²) in [5, 5.41) is 15.8. The maximum absolute atomic E-state index is 13.0. The molecule has 0 saturated heterocycles. The summed E-state index contributed by atoms with van der Waals surface area (Å²) in [4.78, 5) is 25.9. The summed E-state index contributed by atoms with van der Waals surface area (Å²) < 4.78 is -1.36. The summed E-state index contributed by atoms with van der Waals surface area (Å²) >= 11 is 37.2. The molecule has 5 nitrogen and oxygen atoms in total. The van der Waals surface area contributed by atoms with E-state index in [1.807, 2.05) is 6.07 Å². The van der Waals surface area contributed by atoms with Crippen molar-refractivity contribution in [3.8, 4) is 6.07 Å². The molecular formula is C24H13Cl6N3O2. The van der Waals surface area contributed by atoms with Gasteiger partial charge in [0.15, 0.2) is 0 Å². The van der Waals surface area contributed by atoms with E-state index < -0.39 is 28.0 Å². The van der Waals surface area contributed by atoms with Crippen LogP contribution in [0.4, 0.5) is 11.4 Å². The Morgan fingerprint density at radius 3 is 2.23 bits per heavy atom. The number of carbonyl (C=O) groups is 2. The molecule has 3 aromatic carbocycles. The number of nitrogens with zero attached hydrogens (tertiary/aromatic N) is 1. The molecule has 1 fully saturated rings. The predicted octanol–water partition coefficient (Wildman–Crippen LogP) is 7.95. The average molecular weight is 588 g/mol. The fourth-order valence-electron chi connectivity index (χ4n) is 3.75. The highest BCUT2D eigenvalue weighted by molar-refractivity contribution is 6.53. The molecule has 2 N–H and O–H groups in total. The van der Waals surface area contributed by atoms with Crippen LogP contribution in [0.1, 0.15) is 27.4 Å². The summed E-state index contributed by atoms with van der Waals surface area (Å²) in [5.41, 5.74) is 1.36. The second-order valence-corrected chi connectivity index (χ2v) is 10.9. The number of alkyl halides is 2. The van der Waals surface area contributed by atoms with E-state index in [2.05, 4.69) is 10.6 Å². The molecule has 0 bridgehead atoms. The van der Waals surface area contributed by atoms with Crippen LogP contribution in [0.25, 0.3) is 0 Å². The van der Waals surface area contributed by atoms with Crippen molar-refractivity contribution < 1.29 is 9.59 Å². The first-order valence-electron chi connectivity index (χ1n) is 9.97. The van der Waals surface area contributed by atoms with E-state index >= 15 is 0 Å². The Balaban J connectivity index is 1.53. The topological polar surface area (TPSA) is 82.0 Å². The molecule has 1 saturated carbocycles. The van der Waals surface area contributed by atoms with Gasteiger partial charge in [-0.2, -0.15) is 5.26 Å². The van der Waals surface area contributed by atoms with Gasteiger partial charge in [0.2, 0.25) is 5.91 Å². The minimum Gasteiger partial charge on any atom is -0.326 e. The summed E-state index contributed by atoms with van der Waals surface area (Å²) in [7, 11) is 0. The molecule has 35 heavy (non-hydrogen) atoms. The highest BCUT2D eigenvalue weighted by Gasteiger charge is 2.67. The van der Waals surface area contributed by atoms with Gasteiger partial charge in [0, 0.05) is 21.7 Å². The van der Waals surface area contributed by atoms with Gasteiger partial charge in [-0.15, -0.1) is 23.2 Å². The fraction of sp³-hybridized carbons (Fsp3) is 0.125. The smallest absolute Gasteiger partial charge is 0.257 e. The van der Waals surface area contributed by atoms with E-state index in [4.69, 9.17) is 69.6 Å². The van der Waals surface area contributed by atoms with Crippen LogP contribution in [-0.2, 0) is 4.79 Å². The molecule has 0 aliphatic heterocycles. The van der Waals surface area contributed by atoms with Crippen molar-refractivity contribution >= 4 is 92.8 Å².